The van der Waals surface area contributed by atoms with Gasteiger partial charge in [0.05, 0.1) is 4.90 Å². The fourth-order valence-corrected chi connectivity index (χ4v) is 5.62. The third kappa shape index (κ3) is 3.60. The summed E-state index contributed by atoms with van der Waals surface area (Å²) in [7, 11) is -3.67. The van der Waals surface area contributed by atoms with E-state index in [9.17, 15) is 13.2 Å². The highest BCUT2D eigenvalue weighted by Crippen LogP contribution is 2.47. The zero-order chi connectivity index (χ0) is 22.5. The van der Waals surface area contributed by atoms with Gasteiger partial charge in [0.2, 0.25) is 5.91 Å². The summed E-state index contributed by atoms with van der Waals surface area (Å²) in [5, 5.41) is 2.89. The van der Waals surface area contributed by atoms with E-state index < -0.39 is 21.9 Å². The SMILES string of the molecule is CC(C)[C@H](N=C1NS(=O)(=O)c2ccccc21)C(=O)Nc1ccc2c(c1)OC1(CCCC1)O2. The lowest BCUT2D eigenvalue weighted by Gasteiger charge is -2.21. The number of nitrogens with zero attached hydrogens (tertiary/aromatic N) is 1. The van der Waals surface area contributed by atoms with E-state index in [4.69, 9.17) is 9.47 Å². The van der Waals surface area contributed by atoms with Crippen molar-refractivity contribution in [3.05, 3.63) is 48.0 Å². The molecule has 0 radical (unpaired) electrons. The largest absolute Gasteiger partial charge is 0.448 e. The highest BCUT2D eigenvalue weighted by molar-refractivity contribution is 7.90. The zero-order valence-corrected chi connectivity index (χ0v) is 18.7. The minimum atomic E-state index is -3.67. The smallest absolute Gasteiger partial charge is 0.263 e. The summed E-state index contributed by atoms with van der Waals surface area (Å²) in [5.41, 5.74) is 1.04. The predicted molar refractivity (Wildman–Crippen MR) is 119 cm³/mol. The maximum atomic E-state index is 13.1. The van der Waals surface area contributed by atoms with E-state index in [1.165, 1.54) is 6.07 Å². The van der Waals surface area contributed by atoms with Crippen LogP contribution in [0, 0.1) is 5.92 Å². The van der Waals surface area contributed by atoms with Crippen LogP contribution in [0.3, 0.4) is 0 Å². The Hall–Kier alpha value is -3.07. The molecule has 1 aliphatic carbocycles. The fourth-order valence-electron chi connectivity index (χ4n) is 4.38. The number of carbonyl (C=O) groups excluding carboxylic acids is 1. The molecule has 1 amide bonds. The van der Waals surface area contributed by atoms with Crippen molar-refractivity contribution in [2.24, 2.45) is 10.9 Å². The standard InChI is InChI=1S/C23H25N3O5S/c1-14(2)20(25-21-16-7-3-4-8-19(16)32(28,29)26-21)22(27)24-15-9-10-17-18(13-15)31-23(30-17)11-5-6-12-23/h3-4,7-10,13-14,20H,5-6,11-12H2,1-2H3,(H,24,27)(H,25,26)/t20-/m0/s1. The van der Waals surface area contributed by atoms with Crippen LogP contribution in [0.15, 0.2) is 52.4 Å². The zero-order valence-electron chi connectivity index (χ0n) is 17.9. The van der Waals surface area contributed by atoms with Crippen LogP contribution in [0.5, 0.6) is 11.5 Å². The van der Waals surface area contributed by atoms with Crippen molar-refractivity contribution < 1.29 is 22.7 Å². The van der Waals surface area contributed by atoms with Crippen molar-refractivity contribution in [1.29, 1.82) is 0 Å². The third-order valence-electron chi connectivity index (χ3n) is 6.00. The molecule has 2 heterocycles. The number of amidine groups is 1. The van der Waals surface area contributed by atoms with Crippen molar-refractivity contribution in [3.63, 3.8) is 0 Å². The molecule has 5 rings (SSSR count). The fraction of sp³-hybridized carbons (Fsp3) is 0.391. The van der Waals surface area contributed by atoms with Crippen LogP contribution in [0.1, 0.15) is 45.1 Å². The van der Waals surface area contributed by atoms with E-state index in [0.717, 1.165) is 25.7 Å². The van der Waals surface area contributed by atoms with E-state index >= 15 is 0 Å². The molecule has 1 atom stereocenters. The van der Waals surface area contributed by atoms with Crippen LogP contribution in [-0.2, 0) is 14.8 Å². The van der Waals surface area contributed by atoms with Crippen molar-refractivity contribution in [2.45, 2.75) is 56.3 Å². The van der Waals surface area contributed by atoms with Gasteiger partial charge in [-0.3, -0.25) is 14.5 Å². The quantitative estimate of drug-likeness (QED) is 0.735. The molecule has 2 aromatic rings. The van der Waals surface area contributed by atoms with Gasteiger partial charge in [0.15, 0.2) is 11.5 Å². The van der Waals surface area contributed by atoms with Gasteiger partial charge in [-0.2, -0.15) is 0 Å². The summed E-state index contributed by atoms with van der Waals surface area (Å²) >= 11 is 0. The summed E-state index contributed by atoms with van der Waals surface area (Å²) in [5.74, 6) is 0.436. The van der Waals surface area contributed by atoms with Gasteiger partial charge in [0, 0.05) is 30.2 Å². The molecule has 0 aromatic heterocycles. The number of hydrogen-bond donors (Lipinski definition) is 2. The number of benzene rings is 2. The van der Waals surface area contributed by atoms with Crippen molar-refractivity contribution in [2.75, 3.05) is 5.32 Å². The number of amides is 1. The molecule has 1 spiro atoms. The minimum Gasteiger partial charge on any atom is -0.448 e. The Bertz CT molecular complexity index is 1220. The lowest BCUT2D eigenvalue weighted by atomic mass is 10.0. The Kier molecular flexibility index (Phi) is 4.88. The molecule has 2 N–H and O–H groups in total. The molecular weight excluding hydrogens is 430 g/mol. The number of hydrogen-bond acceptors (Lipinski definition) is 6. The number of carbonyl (C=O) groups is 1. The molecule has 2 aliphatic heterocycles. The van der Waals surface area contributed by atoms with Crippen LogP contribution in [0.25, 0.3) is 0 Å². The van der Waals surface area contributed by atoms with Crippen LogP contribution in [0.2, 0.25) is 0 Å². The average molecular weight is 456 g/mol. The first-order chi connectivity index (χ1) is 15.3. The number of fused-ring (bicyclic) bond motifs is 2. The molecule has 9 heteroatoms. The minimum absolute atomic E-state index is 0.157. The molecule has 168 valence electrons. The lowest BCUT2D eigenvalue weighted by Crippen LogP contribution is -2.34. The van der Waals surface area contributed by atoms with Crippen molar-refractivity contribution in [3.8, 4) is 11.5 Å². The van der Waals surface area contributed by atoms with Crippen molar-refractivity contribution in [1.82, 2.24) is 4.72 Å². The molecule has 8 nitrogen and oxygen atoms in total. The summed E-state index contributed by atoms with van der Waals surface area (Å²) in [6, 6.07) is 11.1. The first-order valence-corrected chi connectivity index (χ1v) is 12.3. The van der Waals surface area contributed by atoms with Crippen LogP contribution in [0.4, 0.5) is 5.69 Å². The van der Waals surface area contributed by atoms with Gasteiger partial charge in [-0.25, -0.2) is 8.42 Å². The number of nitrogens with one attached hydrogen (secondary N) is 2. The predicted octanol–water partition coefficient (Wildman–Crippen LogP) is 3.43. The highest BCUT2D eigenvalue weighted by Gasteiger charge is 2.44. The monoisotopic (exact) mass is 455 g/mol. The summed E-state index contributed by atoms with van der Waals surface area (Å²) in [4.78, 5) is 17.8. The summed E-state index contributed by atoms with van der Waals surface area (Å²) in [6.45, 7) is 3.74. The summed E-state index contributed by atoms with van der Waals surface area (Å²) in [6.07, 6.45) is 3.85. The maximum absolute atomic E-state index is 13.1. The number of anilines is 1. The third-order valence-corrected chi connectivity index (χ3v) is 7.40. The second-order valence-electron chi connectivity index (χ2n) is 8.74. The molecule has 2 aromatic carbocycles. The Morgan fingerprint density at radius 2 is 1.81 bits per heavy atom. The van der Waals surface area contributed by atoms with E-state index in [1.54, 1.807) is 36.4 Å². The van der Waals surface area contributed by atoms with E-state index in [2.05, 4.69) is 15.0 Å². The van der Waals surface area contributed by atoms with Gasteiger partial charge in [0.25, 0.3) is 15.8 Å². The molecule has 0 saturated heterocycles. The summed E-state index contributed by atoms with van der Waals surface area (Å²) < 4.78 is 39.3. The average Bonchev–Trinajstić information content (AvgIpc) is 3.42. The number of aliphatic imine (C=N–C) groups is 1. The maximum Gasteiger partial charge on any atom is 0.263 e. The molecule has 1 saturated carbocycles. The van der Waals surface area contributed by atoms with E-state index in [0.29, 0.717) is 22.7 Å². The molecule has 3 aliphatic rings. The van der Waals surface area contributed by atoms with Crippen LogP contribution in [-0.4, -0.2) is 32.0 Å². The first-order valence-electron chi connectivity index (χ1n) is 10.8. The van der Waals surface area contributed by atoms with E-state index in [1.807, 2.05) is 13.8 Å². The molecule has 1 fully saturated rings. The Morgan fingerprint density at radius 3 is 2.56 bits per heavy atom. The Labute approximate surface area is 187 Å². The molecule has 0 unspecified atom stereocenters. The van der Waals surface area contributed by atoms with Crippen LogP contribution < -0.4 is 19.5 Å². The molecular formula is C23H25N3O5S. The topological polar surface area (TPSA) is 106 Å². The van der Waals surface area contributed by atoms with Gasteiger partial charge in [0.1, 0.15) is 11.9 Å². The number of sulfonamides is 1. The Morgan fingerprint density at radius 1 is 1.09 bits per heavy atom. The van der Waals surface area contributed by atoms with Crippen LogP contribution >= 0.6 is 0 Å². The first kappa shape index (κ1) is 20.8. The van der Waals surface area contributed by atoms with Gasteiger partial charge in [-0.1, -0.05) is 26.0 Å². The second kappa shape index (κ2) is 7.51. The van der Waals surface area contributed by atoms with Gasteiger partial charge < -0.3 is 14.8 Å². The number of rotatable bonds is 4. The highest BCUT2D eigenvalue weighted by atomic mass is 32.2. The molecule has 32 heavy (non-hydrogen) atoms. The normalized spacial score (nSPS) is 21.5. The van der Waals surface area contributed by atoms with Gasteiger partial charge in [-0.15, -0.1) is 0 Å². The molecule has 0 bridgehead atoms. The van der Waals surface area contributed by atoms with Gasteiger partial charge >= 0.3 is 0 Å². The number of ether oxygens (including phenoxy) is 2. The van der Waals surface area contributed by atoms with Crippen molar-refractivity contribution >= 4 is 27.5 Å². The lowest BCUT2D eigenvalue weighted by molar-refractivity contribution is -0.118. The second-order valence-corrected chi connectivity index (χ2v) is 10.4. The van der Waals surface area contributed by atoms with E-state index in [-0.39, 0.29) is 22.6 Å². The van der Waals surface area contributed by atoms with Gasteiger partial charge in [-0.05, 0) is 43.0 Å². The Balaban J connectivity index is 1.38.